The van der Waals surface area contributed by atoms with Crippen molar-refractivity contribution in [3.8, 4) is 0 Å². The van der Waals surface area contributed by atoms with Crippen LogP contribution in [-0.2, 0) is 0 Å². The molecular formula is C24H32N4O2. The van der Waals surface area contributed by atoms with E-state index in [4.69, 9.17) is 0 Å². The summed E-state index contributed by atoms with van der Waals surface area (Å²) >= 11 is 0. The first-order valence-electron chi connectivity index (χ1n) is 10.7. The molecule has 30 heavy (non-hydrogen) atoms. The molecule has 0 aliphatic carbocycles. The van der Waals surface area contributed by atoms with E-state index in [1.165, 1.54) is 0 Å². The molecule has 0 atom stereocenters. The summed E-state index contributed by atoms with van der Waals surface area (Å²) in [6.07, 6.45) is 3.22. The van der Waals surface area contributed by atoms with Gasteiger partial charge in [0.2, 0.25) is 0 Å². The Labute approximate surface area is 179 Å². The lowest BCUT2D eigenvalue weighted by Crippen LogP contribution is -2.31. The largest absolute Gasteiger partial charge is 0.370 e. The van der Waals surface area contributed by atoms with Crippen LogP contribution in [0.5, 0.6) is 0 Å². The smallest absolute Gasteiger partial charge is 0.319 e. The lowest BCUT2D eigenvalue weighted by atomic mass is 10.1. The number of carbonyl (C=O) groups excluding carboxylic acids is 2. The van der Waals surface area contributed by atoms with Crippen LogP contribution in [0.15, 0.2) is 42.5 Å². The molecule has 1 aliphatic heterocycles. The zero-order valence-electron chi connectivity index (χ0n) is 18.1. The number of hydrogen-bond donors (Lipinski definition) is 3. The maximum Gasteiger partial charge on any atom is 0.319 e. The highest BCUT2D eigenvalue weighted by atomic mass is 16.2. The van der Waals surface area contributed by atoms with Gasteiger partial charge in [0.15, 0.2) is 0 Å². The van der Waals surface area contributed by atoms with Crippen molar-refractivity contribution in [3.63, 3.8) is 0 Å². The van der Waals surface area contributed by atoms with Crippen molar-refractivity contribution in [1.29, 1.82) is 0 Å². The molecular weight excluding hydrogens is 376 g/mol. The van der Waals surface area contributed by atoms with Crippen LogP contribution in [0.2, 0.25) is 0 Å². The molecule has 160 valence electrons. The minimum Gasteiger partial charge on any atom is -0.370 e. The van der Waals surface area contributed by atoms with Crippen LogP contribution < -0.4 is 20.9 Å². The van der Waals surface area contributed by atoms with Crippen LogP contribution in [0.3, 0.4) is 0 Å². The predicted molar refractivity (Wildman–Crippen MR) is 123 cm³/mol. The fourth-order valence-corrected chi connectivity index (χ4v) is 3.58. The quantitative estimate of drug-likeness (QED) is 0.603. The van der Waals surface area contributed by atoms with Gasteiger partial charge in [-0.3, -0.25) is 4.79 Å². The maximum absolute atomic E-state index is 12.6. The summed E-state index contributed by atoms with van der Waals surface area (Å²) in [6.45, 7) is 8.79. The van der Waals surface area contributed by atoms with Gasteiger partial charge < -0.3 is 20.9 Å². The van der Waals surface area contributed by atoms with Gasteiger partial charge in [-0.25, -0.2) is 4.79 Å². The molecule has 2 aromatic carbocycles. The number of aryl methyl sites for hydroxylation is 1. The monoisotopic (exact) mass is 408 g/mol. The number of anilines is 3. The zero-order chi connectivity index (χ0) is 21.5. The molecule has 0 radical (unpaired) electrons. The molecule has 1 saturated heterocycles. The van der Waals surface area contributed by atoms with Gasteiger partial charge >= 0.3 is 6.03 Å². The Hall–Kier alpha value is -3.02. The molecule has 2 aromatic rings. The zero-order valence-corrected chi connectivity index (χ0v) is 18.1. The van der Waals surface area contributed by atoms with Gasteiger partial charge in [-0.05, 0) is 62.4 Å². The van der Waals surface area contributed by atoms with Gasteiger partial charge in [-0.15, -0.1) is 0 Å². The van der Waals surface area contributed by atoms with Gasteiger partial charge in [0.05, 0.1) is 11.4 Å². The van der Waals surface area contributed by atoms with Crippen molar-refractivity contribution < 1.29 is 9.59 Å². The molecule has 3 rings (SSSR count). The van der Waals surface area contributed by atoms with Gasteiger partial charge in [0, 0.05) is 30.9 Å². The number of hydrogen-bond acceptors (Lipinski definition) is 3. The molecule has 3 amide bonds. The fourth-order valence-electron chi connectivity index (χ4n) is 3.58. The van der Waals surface area contributed by atoms with E-state index >= 15 is 0 Å². The fraction of sp³-hybridized carbons (Fsp3) is 0.417. The molecule has 0 unspecified atom stereocenters. The van der Waals surface area contributed by atoms with Crippen molar-refractivity contribution in [2.24, 2.45) is 5.92 Å². The first kappa shape index (κ1) is 21.7. The van der Waals surface area contributed by atoms with Crippen LogP contribution in [0, 0.1) is 12.8 Å². The number of benzene rings is 2. The number of carbonyl (C=O) groups is 2. The lowest BCUT2D eigenvalue weighted by molar-refractivity contribution is 0.102. The number of nitrogens with one attached hydrogen (secondary N) is 3. The summed E-state index contributed by atoms with van der Waals surface area (Å²) in [5, 5.41) is 8.84. The molecule has 6 nitrogen and oxygen atoms in total. The van der Waals surface area contributed by atoms with Crippen molar-refractivity contribution in [3.05, 3.63) is 53.6 Å². The summed E-state index contributed by atoms with van der Waals surface area (Å²) < 4.78 is 0. The topological polar surface area (TPSA) is 73.5 Å². The van der Waals surface area contributed by atoms with Crippen LogP contribution in [0.25, 0.3) is 0 Å². The molecule has 6 heteroatoms. The van der Waals surface area contributed by atoms with Gasteiger partial charge in [-0.1, -0.05) is 31.5 Å². The summed E-state index contributed by atoms with van der Waals surface area (Å²) in [7, 11) is 0. The number of rotatable bonds is 7. The van der Waals surface area contributed by atoms with Crippen molar-refractivity contribution in [1.82, 2.24) is 5.32 Å². The van der Waals surface area contributed by atoms with Crippen LogP contribution in [0.1, 0.15) is 49.0 Å². The van der Waals surface area contributed by atoms with E-state index < -0.39 is 0 Å². The van der Waals surface area contributed by atoms with Gasteiger partial charge in [-0.2, -0.15) is 0 Å². The van der Waals surface area contributed by atoms with Gasteiger partial charge in [0.25, 0.3) is 5.91 Å². The second-order valence-corrected chi connectivity index (χ2v) is 8.31. The van der Waals surface area contributed by atoms with E-state index in [-0.39, 0.29) is 11.9 Å². The Balaban J connectivity index is 1.75. The molecule has 0 spiro atoms. The summed E-state index contributed by atoms with van der Waals surface area (Å²) in [5.74, 6) is 0.366. The Morgan fingerprint density at radius 1 is 1.03 bits per heavy atom. The number of nitrogens with zero attached hydrogens (tertiary/aromatic N) is 1. The highest BCUT2D eigenvalue weighted by Crippen LogP contribution is 2.32. The van der Waals surface area contributed by atoms with E-state index in [2.05, 4.69) is 34.7 Å². The Kier molecular flexibility index (Phi) is 7.33. The molecule has 1 heterocycles. The third kappa shape index (κ3) is 5.99. The normalized spacial score (nSPS) is 13.4. The molecule has 0 bridgehead atoms. The molecule has 1 aliphatic rings. The summed E-state index contributed by atoms with van der Waals surface area (Å²) in [5.41, 5.74) is 4.00. The second-order valence-electron chi connectivity index (χ2n) is 8.31. The second kappa shape index (κ2) is 10.1. The van der Waals surface area contributed by atoms with E-state index in [1.807, 2.05) is 43.3 Å². The molecule has 3 N–H and O–H groups in total. The lowest BCUT2D eigenvalue weighted by Gasteiger charge is -2.22. The van der Waals surface area contributed by atoms with E-state index in [0.29, 0.717) is 29.4 Å². The molecule has 0 aromatic heterocycles. The number of amides is 3. The highest BCUT2D eigenvalue weighted by Gasteiger charge is 2.18. The Morgan fingerprint density at radius 2 is 1.80 bits per heavy atom. The first-order valence-corrected chi connectivity index (χ1v) is 10.7. The Morgan fingerprint density at radius 3 is 2.50 bits per heavy atom. The SMILES string of the molecule is Cc1cccc(C(=O)Nc2ccc(N3CCCC3)c(NC(=O)NCCC(C)C)c2)c1. The number of urea groups is 1. The van der Waals surface area contributed by atoms with E-state index in [9.17, 15) is 9.59 Å². The minimum atomic E-state index is -0.224. The average molecular weight is 409 g/mol. The van der Waals surface area contributed by atoms with Crippen LogP contribution >= 0.6 is 0 Å². The third-order valence-corrected chi connectivity index (χ3v) is 5.24. The predicted octanol–water partition coefficient (Wildman–Crippen LogP) is 5.02. The van der Waals surface area contributed by atoms with Gasteiger partial charge in [0.1, 0.15) is 0 Å². The van der Waals surface area contributed by atoms with Crippen LogP contribution in [-0.4, -0.2) is 31.6 Å². The van der Waals surface area contributed by atoms with E-state index in [0.717, 1.165) is 43.6 Å². The minimum absolute atomic E-state index is 0.167. The highest BCUT2D eigenvalue weighted by molar-refractivity contribution is 6.05. The van der Waals surface area contributed by atoms with Crippen molar-refractivity contribution in [2.45, 2.75) is 40.0 Å². The van der Waals surface area contributed by atoms with Crippen LogP contribution in [0.4, 0.5) is 21.9 Å². The van der Waals surface area contributed by atoms with E-state index in [1.54, 1.807) is 6.07 Å². The maximum atomic E-state index is 12.6. The van der Waals surface area contributed by atoms with Crippen molar-refractivity contribution >= 4 is 29.0 Å². The average Bonchev–Trinajstić information content (AvgIpc) is 3.22. The standard InChI is InChI=1S/C24H32N4O2/c1-17(2)11-12-25-24(30)27-21-16-20(9-10-22(21)28-13-4-5-14-28)26-23(29)19-8-6-7-18(3)15-19/h6-10,15-17H,4-5,11-14H2,1-3H3,(H,26,29)(H2,25,27,30). The Bertz CT molecular complexity index is 889. The third-order valence-electron chi connectivity index (χ3n) is 5.24. The summed E-state index contributed by atoms with van der Waals surface area (Å²) in [6, 6.07) is 13.0. The molecule has 0 saturated carbocycles. The molecule has 1 fully saturated rings. The van der Waals surface area contributed by atoms with Crippen molar-refractivity contribution in [2.75, 3.05) is 35.2 Å². The first-order chi connectivity index (χ1) is 14.4. The summed E-state index contributed by atoms with van der Waals surface area (Å²) in [4.78, 5) is 27.3.